The van der Waals surface area contributed by atoms with Gasteiger partial charge in [0.25, 0.3) is 0 Å². The highest BCUT2D eigenvalue weighted by molar-refractivity contribution is 5.83. The Morgan fingerprint density at radius 2 is 1.39 bits per heavy atom. The molecule has 244 valence electrons. The average Bonchev–Trinajstić information content (AvgIpc) is 2.99. The van der Waals surface area contributed by atoms with E-state index in [0.29, 0.717) is 44.9 Å². The number of carbonyl (C=O) groups excluding carboxylic acids is 4. The zero-order valence-electron chi connectivity index (χ0n) is 27.2. The molecule has 11 nitrogen and oxygen atoms in total. The molecule has 0 radical (unpaired) electrons. The molecule has 2 amide bonds. The van der Waals surface area contributed by atoms with Gasteiger partial charge in [-0.25, -0.2) is 14.4 Å². The molecular weight excluding hydrogens is 566 g/mol. The normalized spacial score (nSPS) is 14.0. The summed E-state index contributed by atoms with van der Waals surface area (Å²) >= 11 is 0. The van der Waals surface area contributed by atoms with Crippen molar-refractivity contribution in [2.75, 3.05) is 46.9 Å². The molecule has 1 saturated heterocycles. The molecule has 1 fully saturated rings. The Morgan fingerprint density at radius 3 is 1.91 bits per heavy atom. The van der Waals surface area contributed by atoms with Gasteiger partial charge in [-0.05, 0) is 56.8 Å². The summed E-state index contributed by atoms with van der Waals surface area (Å²) in [4.78, 5) is 50.4. The first kappa shape index (κ1) is 38.1. The lowest BCUT2D eigenvalue weighted by Gasteiger charge is -2.38. The minimum Gasteiger partial charge on any atom is -0.459 e. The number of nitrogens with one attached hydrogen (secondary N) is 1. The second-order valence-corrected chi connectivity index (χ2v) is 11.8. The van der Waals surface area contributed by atoms with Gasteiger partial charge in [0.05, 0.1) is 0 Å². The molecule has 1 N–H and O–H groups in total. The Morgan fingerprint density at radius 1 is 0.864 bits per heavy atom. The standard InChI is InChI=1S/C30H41N3O6.C2H6O.CH2O/c1-29(2,3)39-28(36)33-20-18-32(19-21-33)17-16-30(4,5)25(26(34)37-22-23-12-8-6-9-13-23)31-27(35)38-24-14-10-7-11-15-24;1-3-2;1-2/h6-15,25H,16-22H2,1-5H3,(H,31,35);1-2H3;1H2. The predicted octanol–water partition coefficient (Wildman–Crippen LogP) is 4.93. The van der Waals surface area contributed by atoms with Crippen molar-refractivity contribution in [2.45, 2.75) is 59.3 Å². The van der Waals surface area contributed by atoms with E-state index < -0.39 is 29.1 Å². The molecular formula is C33H49N3O8. The number of carbonyl (C=O) groups is 4. The molecule has 1 unspecified atom stereocenters. The van der Waals surface area contributed by atoms with E-state index in [0.717, 1.165) is 5.56 Å². The van der Waals surface area contributed by atoms with Crippen molar-refractivity contribution in [3.8, 4) is 5.75 Å². The number of esters is 1. The SMILES string of the molecule is C=O.CC(C)(C)OC(=O)N1CCN(CCC(C)(C)C(NC(=O)Oc2ccccc2)C(=O)OCc2ccccc2)CC1.COC. The molecule has 1 atom stereocenters. The van der Waals surface area contributed by atoms with E-state index in [2.05, 4.69) is 15.0 Å². The minimum absolute atomic E-state index is 0.105. The average molecular weight is 616 g/mol. The quantitative estimate of drug-likeness (QED) is 0.391. The van der Waals surface area contributed by atoms with Crippen LogP contribution in [0.4, 0.5) is 9.59 Å². The van der Waals surface area contributed by atoms with Crippen LogP contribution in [-0.2, 0) is 30.4 Å². The third kappa shape index (κ3) is 14.5. The van der Waals surface area contributed by atoms with Crippen LogP contribution in [-0.4, -0.2) is 93.3 Å². The maximum Gasteiger partial charge on any atom is 0.413 e. The summed E-state index contributed by atoms with van der Waals surface area (Å²) in [6.07, 6.45) is -0.414. The molecule has 11 heteroatoms. The van der Waals surface area contributed by atoms with Gasteiger partial charge in [0.15, 0.2) is 0 Å². The maximum atomic E-state index is 13.3. The Labute approximate surface area is 261 Å². The van der Waals surface area contributed by atoms with E-state index in [1.54, 1.807) is 43.4 Å². The largest absolute Gasteiger partial charge is 0.459 e. The zero-order chi connectivity index (χ0) is 33.2. The van der Waals surface area contributed by atoms with Crippen LogP contribution >= 0.6 is 0 Å². The number of rotatable bonds is 9. The summed E-state index contributed by atoms with van der Waals surface area (Å²) in [7, 11) is 3.25. The van der Waals surface area contributed by atoms with Crippen molar-refractivity contribution >= 4 is 24.9 Å². The molecule has 44 heavy (non-hydrogen) atoms. The number of ether oxygens (including phenoxy) is 4. The van der Waals surface area contributed by atoms with Crippen LogP contribution in [0.1, 0.15) is 46.6 Å². The fraction of sp³-hybridized carbons (Fsp3) is 0.515. The fourth-order valence-electron chi connectivity index (χ4n) is 4.20. The van der Waals surface area contributed by atoms with Crippen molar-refractivity contribution in [2.24, 2.45) is 5.41 Å². The summed E-state index contributed by atoms with van der Waals surface area (Å²) in [5.41, 5.74) is -0.319. The van der Waals surface area contributed by atoms with Gasteiger partial charge in [0, 0.05) is 40.4 Å². The van der Waals surface area contributed by atoms with E-state index in [1.165, 1.54) is 0 Å². The molecule has 2 aromatic rings. The van der Waals surface area contributed by atoms with Crippen LogP contribution in [0.3, 0.4) is 0 Å². The van der Waals surface area contributed by atoms with Crippen molar-refractivity contribution in [1.29, 1.82) is 0 Å². The number of benzene rings is 2. The number of para-hydroxylation sites is 1. The second kappa shape index (κ2) is 19.3. The van der Waals surface area contributed by atoms with Gasteiger partial charge in [-0.15, -0.1) is 0 Å². The summed E-state index contributed by atoms with van der Waals surface area (Å²) < 4.78 is 20.8. The van der Waals surface area contributed by atoms with Crippen molar-refractivity contribution in [3.63, 3.8) is 0 Å². The lowest BCUT2D eigenvalue weighted by atomic mass is 9.81. The van der Waals surface area contributed by atoms with E-state index in [4.69, 9.17) is 19.0 Å². The number of methoxy groups -OCH3 is 1. The third-order valence-corrected chi connectivity index (χ3v) is 6.55. The van der Waals surface area contributed by atoms with Gasteiger partial charge in [-0.2, -0.15) is 0 Å². The van der Waals surface area contributed by atoms with Gasteiger partial charge in [0.2, 0.25) is 0 Å². The van der Waals surface area contributed by atoms with E-state index in [-0.39, 0.29) is 12.7 Å². The highest BCUT2D eigenvalue weighted by Crippen LogP contribution is 2.28. The summed E-state index contributed by atoms with van der Waals surface area (Å²) in [6, 6.07) is 17.2. The highest BCUT2D eigenvalue weighted by Gasteiger charge is 2.39. The highest BCUT2D eigenvalue weighted by atomic mass is 16.6. The summed E-state index contributed by atoms with van der Waals surface area (Å²) in [6.45, 7) is 14.8. The number of nitrogens with zero attached hydrogens (tertiary/aromatic N) is 2. The first-order valence-electron chi connectivity index (χ1n) is 14.5. The molecule has 1 aliphatic heterocycles. The first-order valence-corrected chi connectivity index (χ1v) is 14.5. The molecule has 3 rings (SSSR count). The van der Waals surface area contributed by atoms with Crippen LogP contribution in [0.2, 0.25) is 0 Å². The van der Waals surface area contributed by atoms with Crippen LogP contribution in [0.25, 0.3) is 0 Å². The van der Waals surface area contributed by atoms with Gasteiger partial charge < -0.3 is 34.0 Å². The number of piperazine rings is 1. The van der Waals surface area contributed by atoms with Gasteiger partial charge in [-0.3, -0.25) is 4.90 Å². The van der Waals surface area contributed by atoms with Gasteiger partial charge in [0.1, 0.15) is 30.8 Å². The minimum atomic E-state index is -0.930. The lowest BCUT2D eigenvalue weighted by Crippen LogP contribution is -2.54. The van der Waals surface area contributed by atoms with Crippen molar-refractivity contribution in [3.05, 3.63) is 66.2 Å². The Bertz CT molecular complexity index is 1110. The number of amides is 2. The predicted molar refractivity (Wildman–Crippen MR) is 168 cm³/mol. The van der Waals surface area contributed by atoms with E-state index in [1.807, 2.05) is 77.8 Å². The fourth-order valence-corrected chi connectivity index (χ4v) is 4.20. The Hall–Kier alpha value is -3.96. The Kier molecular flexibility index (Phi) is 16.7. The van der Waals surface area contributed by atoms with E-state index in [9.17, 15) is 14.4 Å². The van der Waals surface area contributed by atoms with Crippen LogP contribution < -0.4 is 10.1 Å². The molecule has 0 aliphatic carbocycles. The Balaban J connectivity index is 0.00000182. The first-order chi connectivity index (χ1) is 20.8. The smallest absolute Gasteiger partial charge is 0.413 e. The zero-order valence-corrected chi connectivity index (χ0v) is 27.2. The molecule has 2 aromatic carbocycles. The van der Waals surface area contributed by atoms with Crippen LogP contribution in [0, 0.1) is 5.41 Å². The molecule has 1 heterocycles. The van der Waals surface area contributed by atoms with Gasteiger partial charge >= 0.3 is 18.2 Å². The van der Waals surface area contributed by atoms with Crippen molar-refractivity contribution < 1.29 is 38.1 Å². The second-order valence-electron chi connectivity index (χ2n) is 11.8. The molecule has 0 aromatic heterocycles. The number of hydrogen-bond donors (Lipinski definition) is 1. The lowest BCUT2D eigenvalue weighted by molar-refractivity contribution is -0.150. The summed E-state index contributed by atoms with van der Waals surface area (Å²) in [5, 5.41) is 2.75. The van der Waals surface area contributed by atoms with Gasteiger partial charge in [-0.1, -0.05) is 62.4 Å². The monoisotopic (exact) mass is 615 g/mol. The topological polar surface area (TPSA) is 124 Å². The van der Waals surface area contributed by atoms with E-state index >= 15 is 0 Å². The summed E-state index contributed by atoms with van der Waals surface area (Å²) in [5.74, 6) is -0.143. The number of hydrogen-bond acceptors (Lipinski definition) is 9. The molecule has 1 aliphatic rings. The molecule has 0 spiro atoms. The maximum absolute atomic E-state index is 13.3. The van der Waals surface area contributed by atoms with Crippen LogP contribution in [0.15, 0.2) is 60.7 Å². The molecule has 0 bridgehead atoms. The van der Waals surface area contributed by atoms with Crippen molar-refractivity contribution in [1.82, 2.24) is 15.1 Å². The molecule has 0 saturated carbocycles. The van der Waals surface area contributed by atoms with Crippen LogP contribution in [0.5, 0.6) is 5.75 Å². The third-order valence-electron chi connectivity index (χ3n) is 6.55.